The van der Waals surface area contributed by atoms with Crippen LogP contribution in [0.3, 0.4) is 0 Å². The van der Waals surface area contributed by atoms with Gasteiger partial charge >= 0.3 is 5.97 Å². The van der Waals surface area contributed by atoms with Gasteiger partial charge in [-0.25, -0.2) is 4.79 Å². The number of carbonyl (C=O) groups excluding carboxylic acids is 1. The fourth-order valence-electron chi connectivity index (χ4n) is 1.79. The number of rotatable bonds is 1. The largest absolute Gasteiger partial charge is 0.483 e. The number of fused-ring (bicyclic) bond motifs is 1. The van der Waals surface area contributed by atoms with Gasteiger partial charge in [-0.05, 0) is 12.5 Å². The average Bonchev–Trinajstić information content (AvgIpc) is 2.49. The van der Waals surface area contributed by atoms with Gasteiger partial charge in [-0.2, -0.15) is 0 Å². The van der Waals surface area contributed by atoms with Gasteiger partial charge in [-0.3, -0.25) is 4.79 Å². The molecule has 0 radical (unpaired) electrons. The lowest BCUT2D eigenvalue weighted by Crippen LogP contribution is -2.19. The Kier molecular flexibility index (Phi) is 1.83. The van der Waals surface area contributed by atoms with Gasteiger partial charge in [0, 0.05) is 12.8 Å². The number of carboxylic acid groups (broad SMARTS) is 1. The van der Waals surface area contributed by atoms with Crippen LogP contribution in [-0.2, 0) is 14.3 Å². The molecule has 2 aliphatic rings. The minimum absolute atomic E-state index is 0.112. The second-order valence-electron chi connectivity index (χ2n) is 3.34. The van der Waals surface area contributed by atoms with Crippen molar-refractivity contribution in [1.82, 2.24) is 0 Å². The average molecular weight is 182 g/mol. The summed E-state index contributed by atoms with van der Waals surface area (Å²) in [5.41, 5.74) is 0. The van der Waals surface area contributed by atoms with Crippen LogP contribution < -0.4 is 0 Å². The van der Waals surface area contributed by atoms with Crippen LogP contribution in [0.2, 0.25) is 0 Å². The highest BCUT2D eigenvalue weighted by atomic mass is 16.5. The summed E-state index contributed by atoms with van der Waals surface area (Å²) < 4.78 is 5.14. The lowest BCUT2D eigenvalue weighted by atomic mass is 9.90. The number of ketones is 1. The highest BCUT2D eigenvalue weighted by Gasteiger charge is 2.40. The van der Waals surface area contributed by atoms with Gasteiger partial charge in [0.2, 0.25) is 0 Å². The first kappa shape index (κ1) is 8.29. The van der Waals surface area contributed by atoms with Crippen molar-refractivity contribution in [3.05, 3.63) is 11.8 Å². The van der Waals surface area contributed by atoms with Crippen molar-refractivity contribution in [1.29, 1.82) is 0 Å². The summed E-state index contributed by atoms with van der Waals surface area (Å²) in [5, 5.41) is 8.68. The Bertz CT molecular complexity index is 292. The highest BCUT2D eigenvalue weighted by Crippen LogP contribution is 2.35. The maximum atomic E-state index is 11.3. The molecule has 1 N–H and O–H groups in total. The van der Waals surface area contributed by atoms with Gasteiger partial charge in [0.25, 0.3) is 0 Å². The third kappa shape index (κ3) is 1.32. The Balaban J connectivity index is 2.18. The Morgan fingerprint density at radius 1 is 1.62 bits per heavy atom. The number of ether oxygens (including phenoxy) is 1. The Hall–Kier alpha value is -1.32. The van der Waals surface area contributed by atoms with Crippen LogP contribution in [0, 0.1) is 5.92 Å². The molecule has 2 rings (SSSR count). The van der Waals surface area contributed by atoms with E-state index in [4.69, 9.17) is 9.84 Å². The highest BCUT2D eigenvalue weighted by molar-refractivity contribution is 5.86. The molecule has 0 amide bonds. The van der Waals surface area contributed by atoms with Crippen molar-refractivity contribution in [2.24, 2.45) is 5.92 Å². The first-order valence-electron chi connectivity index (χ1n) is 4.30. The molecule has 1 saturated heterocycles. The molecule has 0 saturated carbocycles. The van der Waals surface area contributed by atoms with E-state index in [1.165, 1.54) is 0 Å². The topological polar surface area (TPSA) is 63.6 Å². The minimum atomic E-state index is -0.983. The van der Waals surface area contributed by atoms with Crippen molar-refractivity contribution in [2.45, 2.75) is 25.4 Å². The molecular weight excluding hydrogens is 172 g/mol. The van der Waals surface area contributed by atoms with Crippen LogP contribution in [0.1, 0.15) is 19.3 Å². The molecule has 1 heterocycles. The first-order chi connectivity index (χ1) is 6.18. The van der Waals surface area contributed by atoms with Crippen LogP contribution in [-0.4, -0.2) is 23.0 Å². The molecule has 1 aliphatic carbocycles. The van der Waals surface area contributed by atoms with Crippen molar-refractivity contribution in [2.75, 3.05) is 0 Å². The number of carboxylic acids is 1. The molecule has 0 spiro atoms. The van der Waals surface area contributed by atoms with Crippen LogP contribution in [0.25, 0.3) is 0 Å². The summed E-state index contributed by atoms with van der Waals surface area (Å²) in [4.78, 5) is 21.9. The maximum Gasteiger partial charge on any atom is 0.344 e. The standard InChI is InChI=1S/C9H10O4/c10-6-2-1-3-7-5(6)4-8(13-7)9(11)12/h3,5,8H,1-2,4H2,(H,11,12). The summed E-state index contributed by atoms with van der Waals surface area (Å²) in [6.45, 7) is 0. The van der Waals surface area contributed by atoms with E-state index in [1.54, 1.807) is 0 Å². The monoisotopic (exact) mass is 182 g/mol. The second-order valence-corrected chi connectivity index (χ2v) is 3.34. The predicted octanol–water partition coefficient (Wildman–Crippen LogP) is 0.723. The summed E-state index contributed by atoms with van der Waals surface area (Å²) >= 11 is 0. The zero-order valence-corrected chi connectivity index (χ0v) is 7.03. The van der Waals surface area contributed by atoms with E-state index in [2.05, 4.69) is 0 Å². The van der Waals surface area contributed by atoms with E-state index in [1.807, 2.05) is 6.08 Å². The number of aliphatic carboxylic acids is 1. The van der Waals surface area contributed by atoms with Gasteiger partial charge in [-0.1, -0.05) is 0 Å². The van der Waals surface area contributed by atoms with Crippen LogP contribution in [0.4, 0.5) is 0 Å². The summed E-state index contributed by atoms with van der Waals surface area (Å²) in [6.07, 6.45) is 2.51. The lowest BCUT2D eigenvalue weighted by Gasteiger charge is -2.12. The molecule has 0 bridgehead atoms. The third-order valence-corrected chi connectivity index (χ3v) is 2.47. The third-order valence-electron chi connectivity index (χ3n) is 2.47. The quantitative estimate of drug-likeness (QED) is 0.649. The lowest BCUT2D eigenvalue weighted by molar-refractivity contribution is -0.146. The minimum Gasteiger partial charge on any atom is -0.483 e. The van der Waals surface area contributed by atoms with Gasteiger partial charge in [0.1, 0.15) is 11.5 Å². The normalized spacial score (nSPS) is 32.0. The number of hydrogen-bond acceptors (Lipinski definition) is 3. The van der Waals surface area contributed by atoms with E-state index in [0.29, 0.717) is 25.0 Å². The summed E-state index contributed by atoms with van der Waals surface area (Å²) in [5.74, 6) is -0.581. The molecule has 2 atom stereocenters. The van der Waals surface area contributed by atoms with E-state index in [0.717, 1.165) is 0 Å². The van der Waals surface area contributed by atoms with E-state index in [-0.39, 0.29) is 11.7 Å². The Morgan fingerprint density at radius 3 is 3.00 bits per heavy atom. The Labute approximate surface area is 75.2 Å². The molecule has 0 aromatic rings. The van der Waals surface area contributed by atoms with Crippen LogP contribution in [0.15, 0.2) is 11.8 Å². The molecule has 4 heteroatoms. The SMILES string of the molecule is O=C(O)C1CC2C(=O)CCC=C2O1. The second kappa shape index (κ2) is 2.87. The smallest absolute Gasteiger partial charge is 0.344 e. The molecule has 13 heavy (non-hydrogen) atoms. The summed E-state index contributed by atoms with van der Waals surface area (Å²) in [6, 6.07) is 0. The molecule has 0 aromatic heterocycles. The van der Waals surface area contributed by atoms with Gasteiger partial charge in [0.15, 0.2) is 6.10 Å². The maximum absolute atomic E-state index is 11.3. The van der Waals surface area contributed by atoms with E-state index < -0.39 is 12.1 Å². The fraction of sp³-hybridized carbons (Fsp3) is 0.556. The molecular formula is C9H10O4. The molecule has 2 unspecified atom stereocenters. The van der Waals surface area contributed by atoms with Crippen molar-refractivity contribution < 1.29 is 19.4 Å². The molecule has 1 aliphatic heterocycles. The first-order valence-corrected chi connectivity index (χ1v) is 4.30. The number of hydrogen-bond donors (Lipinski definition) is 1. The van der Waals surface area contributed by atoms with E-state index >= 15 is 0 Å². The van der Waals surface area contributed by atoms with Gasteiger partial charge in [-0.15, -0.1) is 0 Å². The zero-order valence-electron chi connectivity index (χ0n) is 7.03. The van der Waals surface area contributed by atoms with Crippen molar-refractivity contribution in [3.63, 3.8) is 0 Å². The van der Waals surface area contributed by atoms with Gasteiger partial charge < -0.3 is 9.84 Å². The van der Waals surface area contributed by atoms with Crippen LogP contribution >= 0.6 is 0 Å². The predicted molar refractivity (Wildman–Crippen MR) is 42.9 cm³/mol. The number of Topliss-reactive ketones (excluding diaryl/α,β-unsaturated/α-hetero) is 1. The van der Waals surface area contributed by atoms with Crippen molar-refractivity contribution >= 4 is 11.8 Å². The van der Waals surface area contributed by atoms with Gasteiger partial charge in [0.05, 0.1) is 5.92 Å². The molecule has 0 aromatic carbocycles. The molecule has 4 nitrogen and oxygen atoms in total. The fourth-order valence-corrected chi connectivity index (χ4v) is 1.79. The number of carbonyl (C=O) groups is 2. The number of allylic oxidation sites excluding steroid dienone is 2. The van der Waals surface area contributed by atoms with Crippen LogP contribution in [0.5, 0.6) is 0 Å². The van der Waals surface area contributed by atoms with Crippen molar-refractivity contribution in [3.8, 4) is 0 Å². The van der Waals surface area contributed by atoms with E-state index in [9.17, 15) is 9.59 Å². The zero-order chi connectivity index (χ0) is 9.42. The Morgan fingerprint density at radius 2 is 2.38 bits per heavy atom. The summed E-state index contributed by atoms with van der Waals surface area (Å²) in [7, 11) is 0. The molecule has 70 valence electrons. The molecule has 1 fully saturated rings.